The topological polar surface area (TPSA) is 41.5 Å². The summed E-state index contributed by atoms with van der Waals surface area (Å²) in [5.74, 6) is 0.587. The maximum atomic E-state index is 11.9. The van der Waals surface area contributed by atoms with Gasteiger partial charge in [0.15, 0.2) is 0 Å². The van der Waals surface area contributed by atoms with Gasteiger partial charge in [0.2, 0.25) is 0 Å². The quantitative estimate of drug-likeness (QED) is 0.749. The molecule has 0 fully saturated rings. The molecule has 0 saturated heterocycles. The number of nitrogens with one attached hydrogen (secondary N) is 1. The van der Waals surface area contributed by atoms with E-state index in [1.165, 1.54) is 0 Å². The minimum atomic E-state index is -4.18. The molecule has 0 aliphatic carbocycles. The van der Waals surface area contributed by atoms with Gasteiger partial charge in [0.05, 0.1) is 6.42 Å². The van der Waals surface area contributed by atoms with Crippen LogP contribution in [0.2, 0.25) is 0 Å². The summed E-state index contributed by atoms with van der Waals surface area (Å²) in [5.41, 5.74) is 0. The Bertz CT molecular complexity index is 387. The predicted octanol–water partition coefficient (Wildman–Crippen LogP) is 2.73. The number of hydrogen-bond acceptors (Lipinski definition) is 3. The maximum Gasteiger partial charge on any atom is 0.390 e. The van der Waals surface area contributed by atoms with Crippen molar-refractivity contribution < 1.29 is 23.0 Å². The number of ether oxygens (including phenoxy) is 1. The van der Waals surface area contributed by atoms with Crippen molar-refractivity contribution in [3.05, 3.63) is 28.7 Å². The fraction of sp³-hybridized carbons (Fsp3) is 0.500. The summed E-state index contributed by atoms with van der Waals surface area (Å²) in [5, 5.41) is 12.1. The highest BCUT2D eigenvalue weighted by Crippen LogP contribution is 2.18. The predicted molar refractivity (Wildman–Crippen MR) is 69.2 cm³/mol. The average Bonchev–Trinajstić information content (AvgIpc) is 2.31. The second-order valence-electron chi connectivity index (χ2n) is 3.99. The summed E-state index contributed by atoms with van der Waals surface area (Å²) < 4.78 is 41.7. The van der Waals surface area contributed by atoms with Crippen molar-refractivity contribution >= 4 is 15.9 Å². The lowest BCUT2D eigenvalue weighted by molar-refractivity contribution is -0.133. The van der Waals surface area contributed by atoms with Crippen molar-refractivity contribution in [2.24, 2.45) is 0 Å². The van der Waals surface area contributed by atoms with Crippen LogP contribution in [0.4, 0.5) is 13.2 Å². The normalized spacial score (nSPS) is 13.3. The van der Waals surface area contributed by atoms with Gasteiger partial charge in [-0.3, -0.25) is 0 Å². The van der Waals surface area contributed by atoms with E-state index < -0.39 is 18.7 Å². The summed E-state index contributed by atoms with van der Waals surface area (Å²) >= 11 is 3.28. The van der Waals surface area contributed by atoms with Crippen LogP contribution in [-0.2, 0) is 0 Å². The largest absolute Gasteiger partial charge is 0.491 e. The molecule has 0 aromatic heterocycles. The number of rotatable bonds is 7. The van der Waals surface area contributed by atoms with E-state index in [9.17, 15) is 18.3 Å². The zero-order valence-corrected chi connectivity index (χ0v) is 11.7. The number of halogens is 4. The molecule has 1 unspecified atom stereocenters. The van der Waals surface area contributed by atoms with Crippen molar-refractivity contribution in [1.29, 1.82) is 0 Å². The molecule has 0 saturated carbocycles. The molecule has 19 heavy (non-hydrogen) atoms. The Morgan fingerprint density at radius 2 is 2.11 bits per heavy atom. The monoisotopic (exact) mass is 341 g/mol. The van der Waals surface area contributed by atoms with Crippen molar-refractivity contribution in [2.75, 3.05) is 19.7 Å². The van der Waals surface area contributed by atoms with E-state index in [4.69, 9.17) is 4.74 Å². The Kier molecular flexibility index (Phi) is 6.60. The molecule has 7 heteroatoms. The summed E-state index contributed by atoms with van der Waals surface area (Å²) in [7, 11) is 0. The number of aliphatic hydroxyl groups excluding tert-OH is 1. The van der Waals surface area contributed by atoms with Gasteiger partial charge in [-0.05, 0) is 18.2 Å². The van der Waals surface area contributed by atoms with Crippen LogP contribution >= 0.6 is 15.9 Å². The van der Waals surface area contributed by atoms with Crippen LogP contribution in [0.15, 0.2) is 28.7 Å². The molecule has 3 nitrogen and oxygen atoms in total. The third-order valence-electron chi connectivity index (χ3n) is 2.20. The van der Waals surface area contributed by atoms with Crippen molar-refractivity contribution in [3.8, 4) is 5.75 Å². The van der Waals surface area contributed by atoms with E-state index in [0.29, 0.717) is 5.75 Å². The second kappa shape index (κ2) is 7.72. The average molecular weight is 342 g/mol. The van der Waals surface area contributed by atoms with Crippen LogP contribution in [0.3, 0.4) is 0 Å². The third kappa shape index (κ3) is 8.07. The molecule has 108 valence electrons. The molecule has 1 aromatic rings. The molecule has 0 amide bonds. The van der Waals surface area contributed by atoms with E-state index in [1.807, 2.05) is 6.07 Å². The molecule has 0 spiro atoms. The molecule has 0 aliphatic heterocycles. The van der Waals surface area contributed by atoms with E-state index >= 15 is 0 Å². The van der Waals surface area contributed by atoms with Gasteiger partial charge in [0, 0.05) is 17.6 Å². The molecule has 1 rings (SSSR count). The van der Waals surface area contributed by atoms with E-state index in [0.717, 1.165) is 4.47 Å². The highest BCUT2D eigenvalue weighted by molar-refractivity contribution is 9.10. The summed E-state index contributed by atoms with van der Waals surface area (Å²) in [6.07, 6.45) is -5.94. The van der Waals surface area contributed by atoms with Gasteiger partial charge in [-0.1, -0.05) is 22.0 Å². The maximum absolute atomic E-state index is 11.9. The number of aliphatic hydroxyl groups is 1. The van der Waals surface area contributed by atoms with E-state index in [1.54, 1.807) is 18.2 Å². The van der Waals surface area contributed by atoms with Gasteiger partial charge in [-0.15, -0.1) is 0 Å². The Morgan fingerprint density at radius 3 is 2.74 bits per heavy atom. The zero-order chi connectivity index (χ0) is 14.3. The molecule has 0 radical (unpaired) electrons. The first-order chi connectivity index (χ1) is 8.87. The van der Waals surface area contributed by atoms with Crippen molar-refractivity contribution in [1.82, 2.24) is 5.32 Å². The first kappa shape index (κ1) is 16.3. The zero-order valence-electron chi connectivity index (χ0n) is 10.1. The summed E-state index contributed by atoms with van der Waals surface area (Å²) in [4.78, 5) is 0. The lowest BCUT2D eigenvalue weighted by atomic mass is 10.3. The molecule has 2 N–H and O–H groups in total. The molecule has 1 aromatic carbocycles. The lowest BCUT2D eigenvalue weighted by Crippen LogP contribution is -2.33. The highest BCUT2D eigenvalue weighted by Gasteiger charge is 2.26. The van der Waals surface area contributed by atoms with Gasteiger partial charge in [-0.2, -0.15) is 13.2 Å². The molecule has 0 heterocycles. The molecule has 0 bridgehead atoms. The minimum absolute atomic E-state index is 0.0233. The molecule has 0 aliphatic rings. The van der Waals surface area contributed by atoms with Crippen LogP contribution in [0.5, 0.6) is 5.75 Å². The smallest absolute Gasteiger partial charge is 0.390 e. The SMILES string of the molecule is OC(CNCCC(F)(F)F)COc1cccc(Br)c1. The Morgan fingerprint density at radius 1 is 1.37 bits per heavy atom. The Hall–Kier alpha value is -0.790. The van der Waals surface area contributed by atoms with E-state index in [2.05, 4.69) is 21.2 Å². The molecule has 1 atom stereocenters. The first-order valence-electron chi connectivity index (χ1n) is 5.71. The number of hydrogen-bond donors (Lipinski definition) is 2. The van der Waals surface area contributed by atoms with Crippen LogP contribution in [0.1, 0.15) is 6.42 Å². The van der Waals surface area contributed by atoms with Crippen LogP contribution in [0, 0.1) is 0 Å². The fourth-order valence-corrected chi connectivity index (χ4v) is 1.69. The van der Waals surface area contributed by atoms with Gasteiger partial charge in [0.25, 0.3) is 0 Å². The molecular weight excluding hydrogens is 327 g/mol. The lowest BCUT2D eigenvalue weighted by Gasteiger charge is -2.14. The van der Waals surface area contributed by atoms with Gasteiger partial charge in [0.1, 0.15) is 18.5 Å². The van der Waals surface area contributed by atoms with Crippen LogP contribution in [0.25, 0.3) is 0 Å². The van der Waals surface area contributed by atoms with Crippen LogP contribution < -0.4 is 10.1 Å². The van der Waals surface area contributed by atoms with E-state index in [-0.39, 0.29) is 19.7 Å². The summed E-state index contributed by atoms with van der Waals surface area (Å²) in [6.45, 7) is -0.128. The minimum Gasteiger partial charge on any atom is -0.491 e. The number of alkyl halides is 3. The second-order valence-corrected chi connectivity index (χ2v) is 4.91. The standard InChI is InChI=1S/C12H15BrF3NO2/c13-9-2-1-3-11(6-9)19-8-10(18)7-17-5-4-12(14,15)16/h1-3,6,10,17-18H,4-5,7-8H2. The summed E-state index contributed by atoms with van der Waals surface area (Å²) in [6, 6.07) is 7.09. The van der Waals surface area contributed by atoms with Gasteiger partial charge >= 0.3 is 6.18 Å². The van der Waals surface area contributed by atoms with Crippen molar-refractivity contribution in [3.63, 3.8) is 0 Å². The third-order valence-corrected chi connectivity index (χ3v) is 2.70. The van der Waals surface area contributed by atoms with Gasteiger partial charge < -0.3 is 15.2 Å². The number of benzene rings is 1. The highest BCUT2D eigenvalue weighted by atomic mass is 79.9. The Balaban J connectivity index is 2.16. The Labute approximate surface area is 117 Å². The fourth-order valence-electron chi connectivity index (χ4n) is 1.31. The molecular formula is C12H15BrF3NO2. The first-order valence-corrected chi connectivity index (χ1v) is 6.50. The van der Waals surface area contributed by atoms with Crippen molar-refractivity contribution in [2.45, 2.75) is 18.7 Å². The van der Waals surface area contributed by atoms with Gasteiger partial charge in [-0.25, -0.2) is 0 Å². The van der Waals surface area contributed by atoms with Crippen LogP contribution in [-0.4, -0.2) is 37.1 Å².